The van der Waals surface area contributed by atoms with Crippen molar-refractivity contribution in [3.8, 4) is 0 Å². The fourth-order valence-electron chi connectivity index (χ4n) is 1.17. The summed E-state index contributed by atoms with van der Waals surface area (Å²) < 4.78 is 14.6. The van der Waals surface area contributed by atoms with E-state index in [4.69, 9.17) is 10.8 Å². The van der Waals surface area contributed by atoms with E-state index in [2.05, 4.69) is 31.9 Å². The molecule has 0 fully saturated rings. The van der Waals surface area contributed by atoms with E-state index in [-0.39, 0.29) is 12.4 Å². The van der Waals surface area contributed by atoms with E-state index in [9.17, 15) is 4.39 Å². The molecule has 0 radical (unpaired) electrons. The Hall–Kier alpha value is 0.0300. The Balaban J connectivity index is 3.11. The molecule has 0 saturated heterocycles. The molecule has 1 aromatic carbocycles. The summed E-state index contributed by atoms with van der Waals surface area (Å²) in [7, 11) is 0. The molecule has 0 aromatic heterocycles. The zero-order valence-electron chi connectivity index (χ0n) is 7.30. The van der Waals surface area contributed by atoms with Gasteiger partial charge in [-0.2, -0.15) is 0 Å². The minimum atomic E-state index is -0.494. The van der Waals surface area contributed by atoms with E-state index in [0.29, 0.717) is 20.9 Å². The minimum Gasteiger partial charge on any atom is -0.396 e. The van der Waals surface area contributed by atoms with Crippen molar-refractivity contribution >= 4 is 31.9 Å². The average molecular weight is 327 g/mol. The smallest absolute Gasteiger partial charge is 0.143 e. The molecule has 2 nitrogen and oxygen atoms in total. The maximum absolute atomic E-state index is 13.6. The van der Waals surface area contributed by atoms with Crippen molar-refractivity contribution < 1.29 is 9.50 Å². The predicted molar refractivity (Wildman–Crippen MR) is 60.4 cm³/mol. The first-order valence-electron chi connectivity index (χ1n) is 4.07. The summed E-state index contributed by atoms with van der Waals surface area (Å²) in [6.45, 7) is -0.0560. The molecule has 3 N–H and O–H groups in total. The molecule has 14 heavy (non-hydrogen) atoms. The van der Waals surface area contributed by atoms with Crippen LogP contribution in [-0.4, -0.2) is 11.7 Å². The number of aliphatic hydroxyl groups is 1. The van der Waals surface area contributed by atoms with Crippen LogP contribution in [0.3, 0.4) is 0 Å². The van der Waals surface area contributed by atoms with Gasteiger partial charge in [0.2, 0.25) is 0 Å². The molecular weight excluding hydrogens is 317 g/mol. The van der Waals surface area contributed by atoms with E-state index in [1.165, 1.54) is 0 Å². The highest BCUT2D eigenvalue weighted by molar-refractivity contribution is 9.11. The molecular formula is C9H10Br2FNO. The Bertz CT molecular complexity index is 333. The first kappa shape index (κ1) is 12.1. The Labute approximate surface area is 98.6 Å². The fraction of sp³-hybridized carbons (Fsp3) is 0.333. The third-order valence-electron chi connectivity index (χ3n) is 1.89. The second-order valence-electron chi connectivity index (χ2n) is 2.88. The Morgan fingerprint density at radius 1 is 1.36 bits per heavy atom. The molecule has 0 saturated carbocycles. The third-order valence-corrected chi connectivity index (χ3v) is 3.19. The quantitative estimate of drug-likeness (QED) is 0.839. The third kappa shape index (κ3) is 2.53. The lowest BCUT2D eigenvalue weighted by molar-refractivity contribution is 0.275. The molecule has 78 valence electrons. The van der Waals surface area contributed by atoms with Crippen LogP contribution in [0.25, 0.3) is 0 Å². The average Bonchev–Trinajstić information content (AvgIpc) is 2.13. The van der Waals surface area contributed by atoms with Gasteiger partial charge in [-0.1, -0.05) is 15.9 Å². The zero-order valence-corrected chi connectivity index (χ0v) is 10.5. The molecule has 0 bridgehead atoms. The van der Waals surface area contributed by atoms with Crippen LogP contribution in [0.2, 0.25) is 0 Å². The van der Waals surface area contributed by atoms with Gasteiger partial charge in [0.15, 0.2) is 0 Å². The van der Waals surface area contributed by atoms with Crippen molar-refractivity contribution in [3.63, 3.8) is 0 Å². The summed E-state index contributed by atoms with van der Waals surface area (Å²) in [5, 5.41) is 8.72. The number of hydrogen-bond donors (Lipinski definition) is 2. The summed E-state index contributed by atoms with van der Waals surface area (Å²) in [6, 6.07) is 2.83. The molecule has 0 amide bonds. The van der Waals surface area contributed by atoms with Crippen LogP contribution in [0.15, 0.2) is 21.1 Å². The van der Waals surface area contributed by atoms with Crippen LogP contribution in [0.4, 0.5) is 4.39 Å². The van der Waals surface area contributed by atoms with E-state index >= 15 is 0 Å². The van der Waals surface area contributed by atoms with Gasteiger partial charge in [0.1, 0.15) is 5.82 Å². The van der Waals surface area contributed by atoms with Gasteiger partial charge in [-0.15, -0.1) is 0 Å². The van der Waals surface area contributed by atoms with Crippen molar-refractivity contribution in [3.05, 3.63) is 32.5 Å². The number of aliphatic hydroxyl groups excluding tert-OH is 1. The van der Waals surface area contributed by atoms with E-state index in [1.807, 2.05) is 0 Å². The normalized spacial score (nSPS) is 12.9. The number of nitrogens with two attached hydrogens (primary N) is 1. The fourth-order valence-corrected chi connectivity index (χ4v) is 2.11. The van der Waals surface area contributed by atoms with Crippen molar-refractivity contribution in [2.75, 3.05) is 6.61 Å². The molecule has 0 aliphatic carbocycles. The van der Waals surface area contributed by atoms with Gasteiger partial charge < -0.3 is 10.8 Å². The Kier molecular flexibility index (Phi) is 4.50. The molecule has 0 aliphatic rings. The molecule has 0 heterocycles. The summed E-state index contributed by atoms with van der Waals surface area (Å²) in [5.74, 6) is -0.375. The van der Waals surface area contributed by atoms with Crippen molar-refractivity contribution in [2.45, 2.75) is 12.5 Å². The van der Waals surface area contributed by atoms with Gasteiger partial charge in [-0.05, 0) is 34.5 Å². The highest BCUT2D eigenvalue weighted by Crippen LogP contribution is 2.31. The van der Waals surface area contributed by atoms with E-state index in [0.717, 1.165) is 0 Å². The van der Waals surface area contributed by atoms with Crippen molar-refractivity contribution in [1.82, 2.24) is 0 Å². The van der Waals surface area contributed by atoms with Crippen LogP contribution < -0.4 is 5.73 Å². The van der Waals surface area contributed by atoms with Crippen LogP contribution in [-0.2, 0) is 0 Å². The standard InChI is InChI=1S/C9H10Br2FNO/c10-5-1-2-6(11)9(12)8(5)7(13)3-4-14/h1-2,7,14H,3-4,13H2/t7-/m0/s1. The lowest BCUT2D eigenvalue weighted by Crippen LogP contribution is -2.14. The Morgan fingerprint density at radius 2 is 1.93 bits per heavy atom. The highest BCUT2D eigenvalue weighted by Gasteiger charge is 2.16. The van der Waals surface area contributed by atoms with Gasteiger partial charge in [0.05, 0.1) is 4.47 Å². The SMILES string of the molecule is N[C@@H](CCO)c1c(Br)ccc(Br)c1F. The second kappa shape index (κ2) is 5.21. The Morgan fingerprint density at radius 3 is 2.50 bits per heavy atom. The number of benzene rings is 1. The molecule has 1 aromatic rings. The van der Waals surface area contributed by atoms with E-state index in [1.54, 1.807) is 12.1 Å². The monoisotopic (exact) mass is 325 g/mol. The van der Waals surface area contributed by atoms with E-state index < -0.39 is 6.04 Å². The molecule has 0 spiro atoms. The summed E-state index contributed by atoms with van der Waals surface area (Å²) >= 11 is 6.32. The van der Waals surface area contributed by atoms with Gasteiger partial charge in [0.25, 0.3) is 0 Å². The molecule has 1 atom stereocenters. The largest absolute Gasteiger partial charge is 0.396 e. The number of halogens is 3. The maximum Gasteiger partial charge on any atom is 0.143 e. The highest BCUT2D eigenvalue weighted by atomic mass is 79.9. The van der Waals surface area contributed by atoms with Crippen LogP contribution >= 0.6 is 31.9 Å². The van der Waals surface area contributed by atoms with Gasteiger partial charge in [-0.25, -0.2) is 4.39 Å². The molecule has 0 unspecified atom stereocenters. The topological polar surface area (TPSA) is 46.2 Å². The molecule has 1 rings (SSSR count). The molecule has 5 heteroatoms. The zero-order chi connectivity index (χ0) is 10.7. The summed E-state index contributed by atoms with van der Waals surface area (Å²) in [4.78, 5) is 0. The van der Waals surface area contributed by atoms with Crippen LogP contribution in [0, 0.1) is 5.82 Å². The first-order chi connectivity index (χ1) is 6.57. The van der Waals surface area contributed by atoms with Crippen molar-refractivity contribution in [1.29, 1.82) is 0 Å². The summed E-state index contributed by atoms with van der Waals surface area (Å²) in [6.07, 6.45) is 0.339. The number of rotatable bonds is 3. The van der Waals surface area contributed by atoms with Crippen LogP contribution in [0.5, 0.6) is 0 Å². The van der Waals surface area contributed by atoms with Gasteiger partial charge in [0, 0.05) is 22.7 Å². The predicted octanol–water partition coefficient (Wildman–Crippen LogP) is 2.73. The van der Waals surface area contributed by atoms with Gasteiger partial charge >= 0.3 is 0 Å². The maximum atomic E-state index is 13.6. The molecule has 0 aliphatic heterocycles. The van der Waals surface area contributed by atoms with Crippen molar-refractivity contribution in [2.24, 2.45) is 5.73 Å². The van der Waals surface area contributed by atoms with Crippen LogP contribution in [0.1, 0.15) is 18.0 Å². The lowest BCUT2D eigenvalue weighted by atomic mass is 10.0. The minimum absolute atomic E-state index is 0.0560. The summed E-state index contributed by atoms with van der Waals surface area (Å²) in [5.41, 5.74) is 6.12. The number of hydrogen-bond acceptors (Lipinski definition) is 2. The second-order valence-corrected chi connectivity index (χ2v) is 4.58. The lowest BCUT2D eigenvalue weighted by Gasteiger charge is -2.14. The van der Waals surface area contributed by atoms with Gasteiger partial charge in [-0.3, -0.25) is 0 Å². The first-order valence-corrected chi connectivity index (χ1v) is 5.66.